The van der Waals surface area contributed by atoms with Crippen LogP contribution in [0.2, 0.25) is 0 Å². The predicted octanol–water partition coefficient (Wildman–Crippen LogP) is 1.81. The molecule has 2 fully saturated rings. The van der Waals surface area contributed by atoms with Gasteiger partial charge in [0.05, 0.1) is 17.9 Å². The summed E-state index contributed by atoms with van der Waals surface area (Å²) in [6.45, 7) is 6.92. The van der Waals surface area contributed by atoms with E-state index in [4.69, 9.17) is 0 Å². The van der Waals surface area contributed by atoms with Crippen LogP contribution in [0.5, 0.6) is 0 Å². The molecule has 0 atom stereocenters. The molecule has 2 aromatic heterocycles. The van der Waals surface area contributed by atoms with Crippen LogP contribution in [0.1, 0.15) is 26.7 Å². The van der Waals surface area contributed by atoms with Gasteiger partial charge in [-0.3, -0.25) is 19.6 Å². The number of nitrogens with one attached hydrogen (secondary N) is 2. The van der Waals surface area contributed by atoms with E-state index in [0.29, 0.717) is 37.3 Å². The average Bonchev–Trinajstić information content (AvgIpc) is 3.54. The first-order valence-electron chi connectivity index (χ1n) is 11.0. The van der Waals surface area contributed by atoms with Crippen molar-refractivity contribution >= 4 is 11.6 Å². The third-order valence-corrected chi connectivity index (χ3v) is 5.72. The Morgan fingerprint density at radius 2 is 2.16 bits per heavy atom. The minimum atomic E-state index is -0.113. The van der Waals surface area contributed by atoms with Crippen LogP contribution in [0, 0.1) is 5.92 Å². The first kappa shape index (κ1) is 21.2. The molecule has 0 radical (unpaired) electrons. The van der Waals surface area contributed by atoms with Gasteiger partial charge in [-0.25, -0.2) is 0 Å². The van der Waals surface area contributed by atoms with Gasteiger partial charge in [-0.2, -0.15) is 0 Å². The lowest BCUT2D eigenvalue weighted by molar-refractivity contribution is -0.130. The van der Waals surface area contributed by atoms with Crippen LogP contribution >= 0.6 is 0 Å². The number of hydrogen-bond acceptors (Lipinski definition) is 6. The molecular weight excluding hydrogens is 392 g/mol. The molecular formula is C23H30N6O2. The fourth-order valence-corrected chi connectivity index (χ4v) is 3.71. The van der Waals surface area contributed by atoms with Crippen LogP contribution in [0.3, 0.4) is 0 Å². The molecule has 3 heterocycles. The maximum atomic E-state index is 12.7. The van der Waals surface area contributed by atoms with Crippen LogP contribution < -0.4 is 15.8 Å². The molecule has 1 amide bonds. The van der Waals surface area contributed by atoms with Gasteiger partial charge in [-0.05, 0) is 24.8 Å². The number of amides is 1. The highest BCUT2D eigenvalue weighted by Gasteiger charge is 2.37. The predicted molar refractivity (Wildman–Crippen MR) is 121 cm³/mol. The summed E-state index contributed by atoms with van der Waals surface area (Å²) in [4.78, 5) is 40.5. The third kappa shape index (κ3) is 5.38. The van der Waals surface area contributed by atoms with E-state index in [1.165, 1.54) is 12.8 Å². The summed E-state index contributed by atoms with van der Waals surface area (Å²) in [5.41, 5.74) is 2.08. The normalized spacial score (nSPS) is 16.7. The first-order valence-corrected chi connectivity index (χ1v) is 11.0. The minimum absolute atomic E-state index is 0.0235. The zero-order chi connectivity index (χ0) is 21.8. The molecule has 1 saturated heterocycles. The fourth-order valence-electron chi connectivity index (χ4n) is 3.71. The third-order valence-electron chi connectivity index (χ3n) is 5.72. The van der Waals surface area contributed by atoms with E-state index in [0.717, 1.165) is 17.8 Å². The van der Waals surface area contributed by atoms with Gasteiger partial charge in [0, 0.05) is 62.5 Å². The quantitative estimate of drug-likeness (QED) is 0.599. The van der Waals surface area contributed by atoms with E-state index in [1.807, 2.05) is 17.0 Å². The van der Waals surface area contributed by atoms with Crippen molar-refractivity contribution in [3.05, 3.63) is 53.4 Å². The van der Waals surface area contributed by atoms with Crippen molar-refractivity contribution in [1.82, 2.24) is 25.2 Å². The number of carbonyl (C=O) groups excluding carboxylic acids is 1. The number of aromatic amines is 1. The van der Waals surface area contributed by atoms with Crippen molar-refractivity contribution in [2.75, 3.05) is 31.1 Å². The largest absolute Gasteiger partial charge is 0.360 e. The Labute approximate surface area is 182 Å². The number of hydrogen-bond donors (Lipinski definition) is 2. The highest BCUT2D eigenvalue weighted by atomic mass is 16.2. The van der Waals surface area contributed by atoms with Gasteiger partial charge in [-0.15, -0.1) is 0 Å². The monoisotopic (exact) mass is 422 g/mol. The van der Waals surface area contributed by atoms with E-state index < -0.39 is 0 Å². The van der Waals surface area contributed by atoms with Gasteiger partial charge in [0.15, 0.2) is 0 Å². The van der Waals surface area contributed by atoms with Crippen LogP contribution in [-0.2, 0) is 4.79 Å². The molecule has 8 nitrogen and oxygen atoms in total. The molecule has 1 saturated carbocycles. The summed E-state index contributed by atoms with van der Waals surface area (Å²) in [6, 6.07) is 2.43. The summed E-state index contributed by atoms with van der Waals surface area (Å²) in [7, 11) is 0. The highest BCUT2D eigenvalue weighted by Crippen LogP contribution is 2.33. The summed E-state index contributed by atoms with van der Waals surface area (Å²) in [5.74, 6) is 0.640. The molecule has 164 valence electrons. The number of pyridine rings is 1. The lowest BCUT2D eigenvalue weighted by Gasteiger charge is -2.46. The molecule has 2 N–H and O–H groups in total. The van der Waals surface area contributed by atoms with Gasteiger partial charge < -0.3 is 20.1 Å². The molecule has 2 aromatic rings. The number of carbonyl (C=O) groups is 1. The zero-order valence-corrected chi connectivity index (χ0v) is 18.1. The number of aromatic nitrogens is 3. The number of rotatable bonds is 9. The maximum Gasteiger partial charge on any atom is 0.271 e. The minimum Gasteiger partial charge on any atom is -0.360 e. The molecule has 0 aromatic carbocycles. The molecule has 4 rings (SSSR count). The van der Waals surface area contributed by atoms with Crippen LogP contribution in [0.25, 0.3) is 11.3 Å². The van der Waals surface area contributed by atoms with E-state index in [2.05, 4.69) is 39.0 Å². The van der Waals surface area contributed by atoms with Crippen LogP contribution in [-0.4, -0.2) is 64.0 Å². The highest BCUT2D eigenvalue weighted by molar-refractivity contribution is 5.88. The molecule has 0 spiro atoms. The lowest BCUT2D eigenvalue weighted by Crippen LogP contribution is -2.62. The Balaban J connectivity index is 1.46. The number of anilines is 1. The van der Waals surface area contributed by atoms with E-state index in [-0.39, 0.29) is 17.5 Å². The van der Waals surface area contributed by atoms with Crippen LogP contribution in [0.4, 0.5) is 5.69 Å². The Hall–Kier alpha value is -3.00. The summed E-state index contributed by atoms with van der Waals surface area (Å²) in [6.07, 6.45) is 12.5. The standard InChI is InChI=1S/C23H30N6O2/c1-16(2)25-7-3-4-22(30)28-14-19(15-28)29(13-17-5-6-17)21-10-18(11-27-23(21)31)20-12-24-8-9-26-20/h3-4,8-12,16-17,19,25H,5-7,13-15H2,1-2H3,(H,27,31). The molecule has 1 aliphatic carbocycles. The van der Waals surface area contributed by atoms with Crippen molar-refractivity contribution in [2.45, 2.75) is 38.8 Å². The van der Waals surface area contributed by atoms with Crippen molar-refractivity contribution in [3.63, 3.8) is 0 Å². The summed E-state index contributed by atoms with van der Waals surface area (Å²) >= 11 is 0. The lowest BCUT2D eigenvalue weighted by atomic mass is 10.0. The maximum absolute atomic E-state index is 12.7. The molecule has 0 unspecified atom stereocenters. The smallest absolute Gasteiger partial charge is 0.271 e. The van der Waals surface area contributed by atoms with E-state index in [1.54, 1.807) is 30.9 Å². The molecule has 2 aliphatic rings. The van der Waals surface area contributed by atoms with E-state index >= 15 is 0 Å². The Morgan fingerprint density at radius 3 is 2.84 bits per heavy atom. The fraction of sp³-hybridized carbons (Fsp3) is 0.478. The second-order valence-corrected chi connectivity index (χ2v) is 8.65. The van der Waals surface area contributed by atoms with Crippen molar-refractivity contribution in [1.29, 1.82) is 0 Å². The molecule has 31 heavy (non-hydrogen) atoms. The Bertz CT molecular complexity index is 977. The van der Waals surface area contributed by atoms with Crippen LogP contribution in [0.15, 0.2) is 47.8 Å². The van der Waals surface area contributed by atoms with Gasteiger partial charge in [0.2, 0.25) is 5.91 Å². The average molecular weight is 423 g/mol. The Morgan fingerprint density at radius 1 is 1.35 bits per heavy atom. The van der Waals surface area contributed by atoms with Gasteiger partial charge in [0.1, 0.15) is 5.69 Å². The van der Waals surface area contributed by atoms with Crippen molar-refractivity contribution in [2.24, 2.45) is 5.92 Å². The van der Waals surface area contributed by atoms with Crippen molar-refractivity contribution in [3.8, 4) is 11.3 Å². The second-order valence-electron chi connectivity index (χ2n) is 8.65. The SMILES string of the molecule is CC(C)NCC=CC(=O)N1CC(N(CC2CC2)c2cc(-c3cnccn3)c[nH]c2=O)C1. The van der Waals surface area contributed by atoms with Crippen molar-refractivity contribution < 1.29 is 4.79 Å². The zero-order valence-electron chi connectivity index (χ0n) is 18.1. The molecule has 1 aliphatic heterocycles. The first-order chi connectivity index (χ1) is 15.0. The number of likely N-dealkylation sites (tertiary alicyclic amines) is 1. The summed E-state index contributed by atoms with van der Waals surface area (Å²) in [5, 5.41) is 3.26. The van der Waals surface area contributed by atoms with Gasteiger partial charge in [-0.1, -0.05) is 19.9 Å². The number of nitrogens with zero attached hydrogens (tertiary/aromatic N) is 4. The number of H-pyrrole nitrogens is 1. The molecule has 8 heteroatoms. The van der Waals surface area contributed by atoms with Gasteiger partial charge >= 0.3 is 0 Å². The Kier molecular flexibility index (Phi) is 6.46. The topological polar surface area (TPSA) is 94.2 Å². The summed E-state index contributed by atoms with van der Waals surface area (Å²) < 4.78 is 0. The molecule has 0 bridgehead atoms. The van der Waals surface area contributed by atoms with E-state index in [9.17, 15) is 9.59 Å². The van der Waals surface area contributed by atoms with Gasteiger partial charge in [0.25, 0.3) is 5.56 Å². The second kappa shape index (κ2) is 9.43.